The summed E-state index contributed by atoms with van der Waals surface area (Å²) in [6.07, 6.45) is 7.87. The van der Waals surface area contributed by atoms with Crippen molar-refractivity contribution in [1.82, 2.24) is 20.1 Å². The lowest BCUT2D eigenvalue weighted by Crippen LogP contribution is -2.24. The predicted molar refractivity (Wildman–Crippen MR) is 80.4 cm³/mol. The third-order valence-electron chi connectivity index (χ3n) is 3.53. The molecule has 0 bridgehead atoms. The molecule has 1 saturated carbocycles. The highest BCUT2D eigenvalue weighted by atomic mass is 19.1. The van der Waals surface area contributed by atoms with E-state index < -0.39 is 0 Å². The molecule has 0 spiro atoms. The molecule has 1 N–H and O–H groups in total. The highest BCUT2D eigenvalue weighted by molar-refractivity contribution is 5.91. The van der Waals surface area contributed by atoms with Gasteiger partial charge in [-0.15, -0.1) is 10.2 Å². The first-order valence-electron chi connectivity index (χ1n) is 7.32. The van der Waals surface area contributed by atoms with E-state index in [-0.39, 0.29) is 11.7 Å². The van der Waals surface area contributed by atoms with Crippen LogP contribution in [0.2, 0.25) is 0 Å². The lowest BCUT2D eigenvalue weighted by Gasteiger charge is -2.04. The van der Waals surface area contributed by atoms with Gasteiger partial charge in [0, 0.05) is 25.1 Å². The molecule has 6 heteroatoms. The van der Waals surface area contributed by atoms with Crippen molar-refractivity contribution in [3.8, 4) is 0 Å². The quantitative estimate of drug-likeness (QED) is 0.831. The molecule has 1 heterocycles. The molecular weight excluding hydrogens is 283 g/mol. The fourth-order valence-corrected chi connectivity index (χ4v) is 2.21. The second-order valence-corrected chi connectivity index (χ2v) is 5.31. The van der Waals surface area contributed by atoms with Crippen LogP contribution in [0.15, 0.2) is 36.7 Å². The Labute approximate surface area is 127 Å². The van der Waals surface area contributed by atoms with E-state index in [0.717, 1.165) is 11.4 Å². The summed E-state index contributed by atoms with van der Waals surface area (Å²) in [5, 5.41) is 10.8. The summed E-state index contributed by atoms with van der Waals surface area (Å²) in [4.78, 5) is 11.7. The third-order valence-corrected chi connectivity index (χ3v) is 3.53. The minimum Gasteiger partial charge on any atom is -0.352 e. The van der Waals surface area contributed by atoms with E-state index in [1.165, 1.54) is 31.1 Å². The van der Waals surface area contributed by atoms with Crippen molar-refractivity contribution in [3.63, 3.8) is 0 Å². The number of benzene rings is 1. The standard InChI is InChI=1S/C16H17FN4O/c17-13-4-1-12(2-5-13)3-8-16(22)18-10-9-15-20-19-11-21(15)14-6-7-14/h1-5,8,11,14H,6-7,9-10H2,(H,18,22)/b8-3-. The SMILES string of the molecule is O=C(/C=C\c1ccc(F)cc1)NCCc1nncn1C1CC1. The van der Waals surface area contributed by atoms with Gasteiger partial charge in [0.2, 0.25) is 5.91 Å². The Morgan fingerprint density at radius 1 is 1.36 bits per heavy atom. The number of rotatable bonds is 6. The molecule has 1 aliphatic carbocycles. The van der Waals surface area contributed by atoms with Crippen molar-refractivity contribution in [2.45, 2.75) is 25.3 Å². The van der Waals surface area contributed by atoms with Crippen molar-refractivity contribution in [2.24, 2.45) is 0 Å². The molecule has 22 heavy (non-hydrogen) atoms. The van der Waals surface area contributed by atoms with Gasteiger partial charge in [0.05, 0.1) is 0 Å². The zero-order valence-corrected chi connectivity index (χ0v) is 12.1. The molecule has 2 aromatic rings. The summed E-state index contributed by atoms with van der Waals surface area (Å²) in [5.41, 5.74) is 0.782. The van der Waals surface area contributed by atoms with Gasteiger partial charge in [0.25, 0.3) is 0 Å². The van der Waals surface area contributed by atoms with Crippen LogP contribution in [0.3, 0.4) is 0 Å². The maximum absolute atomic E-state index is 12.8. The number of nitrogens with one attached hydrogen (secondary N) is 1. The second kappa shape index (κ2) is 6.51. The first kappa shape index (κ1) is 14.4. The number of aromatic nitrogens is 3. The summed E-state index contributed by atoms with van der Waals surface area (Å²) in [5.74, 6) is 0.438. The largest absolute Gasteiger partial charge is 0.352 e. The van der Waals surface area contributed by atoms with Gasteiger partial charge in [-0.05, 0) is 36.6 Å². The lowest BCUT2D eigenvalue weighted by atomic mass is 10.2. The van der Waals surface area contributed by atoms with E-state index >= 15 is 0 Å². The zero-order chi connectivity index (χ0) is 15.4. The van der Waals surface area contributed by atoms with Gasteiger partial charge < -0.3 is 9.88 Å². The molecule has 1 fully saturated rings. The molecule has 0 atom stereocenters. The summed E-state index contributed by atoms with van der Waals surface area (Å²) < 4.78 is 14.8. The first-order valence-corrected chi connectivity index (χ1v) is 7.32. The van der Waals surface area contributed by atoms with Crippen LogP contribution in [-0.4, -0.2) is 27.2 Å². The number of amides is 1. The summed E-state index contributed by atoms with van der Waals surface area (Å²) in [6.45, 7) is 0.512. The molecule has 1 aromatic carbocycles. The molecule has 5 nitrogen and oxygen atoms in total. The Bertz CT molecular complexity index is 674. The van der Waals surface area contributed by atoms with Gasteiger partial charge in [-0.25, -0.2) is 4.39 Å². The van der Waals surface area contributed by atoms with Crippen LogP contribution in [0.1, 0.15) is 30.3 Å². The molecule has 3 rings (SSSR count). The topological polar surface area (TPSA) is 59.8 Å². The van der Waals surface area contributed by atoms with Gasteiger partial charge in [0.1, 0.15) is 18.0 Å². The Hall–Kier alpha value is -2.50. The lowest BCUT2D eigenvalue weighted by molar-refractivity contribution is -0.116. The van der Waals surface area contributed by atoms with Crippen LogP contribution in [-0.2, 0) is 11.2 Å². The molecule has 0 unspecified atom stereocenters. The van der Waals surface area contributed by atoms with Crippen LogP contribution in [0.4, 0.5) is 4.39 Å². The van der Waals surface area contributed by atoms with Crippen molar-refractivity contribution < 1.29 is 9.18 Å². The van der Waals surface area contributed by atoms with Crippen molar-refractivity contribution in [2.75, 3.05) is 6.54 Å². The minimum atomic E-state index is -0.290. The molecule has 1 amide bonds. The Morgan fingerprint density at radius 2 is 2.14 bits per heavy atom. The van der Waals surface area contributed by atoms with Crippen LogP contribution >= 0.6 is 0 Å². The first-order chi connectivity index (χ1) is 10.7. The third kappa shape index (κ3) is 3.78. The van der Waals surface area contributed by atoms with Crippen LogP contribution in [0, 0.1) is 5.82 Å². The van der Waals surface area contributed by atoms with Crippen molar-refractivity contribution in [3.05, 3.63) is 53.9 Å². The zero-order valence-electron chi connectivity index (χ0n) is 12.1. The van der Waals surface area contributed by atoms with Crippen LogP contribution in [0.5, 0.6) is 0 Å². The normalized spacial score (nSPS) is 14.4. The van der Waals surface area contributed by atoms with E-state index in [1.54, 1.807) is 24.5 Å². The number of hydrogen-bond donors (Lipinski definition) is 1. The van der Waals surface area contributed by atoms with E-state index in [9.17, 15) is 9.18 Å². The minimum absolute atomic E-state index is 0.179. The average molecular weight is 300 g/mol. The Morgan fingerprint density at radius 3 is 2.86 bits per heavy atom. The van der Waals surface area contributed by atoms with E-state index in [4.69, 9.17) is 0 Å². The van der Waals surface area contributed by atoms with Gasteiger partial charge in [0.15, 0.2) is 0 Å². The van der Waals surface area contributed by atoms with E-state index in [1.807, 2.05) is 0 Å². The summed E-state index contributed by atoms with van der Waals surface area (Å²) >= 11 is 0. The van der Waals surface area contributed by atoms with Gasteiger partial charge in [-0.2, -0.15) is 0 Å². The molecule has 114 valence electrons. The van der Waals surface area contributed by atoms with E-state index in [2.05, 4.69) is 20.1 Å². The maximum Gasteiger partial charge on any atom is 0.244 e. The number of carbonyl (C=O) groups excluding carboxylic acids is 1. The number of hydrogen-bond acceptors (Lipinski definition) is 3. The number of carbonyl (C=O) groups is 1. The number of halogens is 1. The Kier molecular flexibility index (Phi) is 4.27. The fraction of sp³-hybridized carbons (Fsp3) is 0.312. The smallest absolute Gasteiger partial charge is 0.244 e. The monoisotopic (exact) mass is 300 g/mol. The van der Waals surface area contributed by atoms with Gasteiger partial charge >= 0.3 is 0 Å². The van der Waals surface area contributed by atoms with Crippen molar-refractivity contribution >= 4 is 12.0 Å². The fourth-order valence-electron chi connectivity index (χ4n) is 2.21. The number of nitrogens with zero attached hydrogens (tertiary/aromatic N) is 3. The molecular formula is C16H17FN4O. The molecule has 0 saturated heterocycles. The molecule has 1 aromatic heterocycles. The molecule has 1 aliphatic rings. The highest BCUT2D eigenvalue weighted by Gasteiger charge is 2.25. The summed E-state index contributed by atoms with van der Waals surface area (Å²) in [6, 6.07) is 6.51. The highest BCUT2D eigenvalue weighted by Crippen LogP contribution is 2.35. The summed E-state index contributed by atoms with van der Waals surface area (Å²) in [7, 11) is 0. The molecule has 0 radical (unpaired) electrons. The average Bonchev–Trinajstić information content (AvgIpc) is 3.26. The van der Waals surface area contributed by atoms with Gasteiger partial charge in [-0.3, -0.25) is 4.79 Å². The van der Waals surface area contributed by atoms with E-state index in [0.29, 0.717) is 19.0 Å². The van der Waals surface area contributed by atoms with Gasteiger partial charge in [-0.1, -0.05) is 12.1 Å². The Balaban J connectivity index is 1.46. The van der Waals surface area contributed by atoms with Crippen molar-refractivity contribution in [1.29, 1.82) is 0 Å². The molecule has 0 aliphatic heterocycles. The second-order valence-electron chi connectivity index (χ2n) is 5.31. The predicted octanol–water partition coefficient (Wildman–Crippen LogP) is 2.12. The van der Waals surface area contributed by atoms with Crippen LogP contribution < -0.4 is 5.32 Å². The van der Waals surface area contributed by atoms with Crippen LogP contribution in [0.25, 0.3) is 6.08 Å². The maximum atomic E-state index is 12.8.